The van der Waals surface area contributed by atoms with Gasteiger partial charge in [0.25, 0.3) is 0 Å². The molecule has 21 heavy (non-hydrogen) atoms. The maximum absolute atomic E-state index is 11.9. The van der Waals surface area contributed by atoms with Crippen molar-refractivity contribution in [2.45, 2.75) is 27.3 Å². The largest absolute Gasteiger partial charge is 0.351 e. The van der Waals surface area contributed by atoms with E-state index in [0.717, 1.165) is 9.68 Å². The molecule has 2 heterocycles. The summed E-state index contributed by atoms with van der Waals surface area (Å²) in [6, 6.07) is 4.17. The molecule has 114 valence electrons. The van der Waals surface area contributed by atoms with Crippen LogP contribution in [0.4, 0.5) is 0 Å². The highest BCUT2D eigenvalue weighted by Crippen LogP contribution is 2.28. The second-order valence-corrected chi connectivity index (χ2v) is 7.89. The molecule has 2 rings (SSSR count). The average molecular weight is 323 g/mol. The van der Waals surface area contributed by atoms with E-state index in [1.54, 1.807) is 29.7 Å². The number of hydrogen-bond acceptors (Lipinski definition) is 4. The quantitative estimate of drug-likeness (QED) is 0.927. The lowest BCUT2D eigenvalue weighted by atomic mass is 9.96. The van der Waals surface area contributed by atoms with Crippen LogP contribution in [-0.4, -0.2) is 17.5 Å². The number of thiophene rings is 1. The Hall–Kier alpha value is -1.40. The lowest BCUT2D eigenvalue weighted by Gasteiger charge is -2.17. The van der Waals surface area contributed by atoms with E-state index in [0.29, 0.717) is 6.54 Å². The molecular weight excluding hydrogens is 302 g/mol. The highest BCUT2D eigenvalue weighted by atomic mass is 32.1. The van der Waals surface area contributed by atoms with E-state index in [9.17, 15) is 4.79 Å². The molecule has 2 aromatic heterocycles. The maximum Gasteiger partial charge on any atom is 0.225 e. The molecule has 0 aromatic carbocycles. The van der Waals surface area contributed by atoms with Crippen LogP contribution in [0.5, 0.6) is 0 Å². The van der Waals surface area contributed by atoms with Crippen LogP contribution < -0.4 is 10.1 Å². The summed E-state index contributed by atoms with van der Waals surface area (Å²) in [4.78, 5) is 19.5. The Labute approximate surface area is 133 Å². The molecule has 1 N–H and O–H groups in total. The van der Waals surface area contributed by atoms with Crippen LogP contribution in [0.3, 0.4) is 0 Å². The van der Waals surface area contributed by atoms with Gasteiger partial charge in [-0.25, -0.2) is 0 Å². The molecule has 0 aliphatic rings. The van der Waals surface area contributed by atoms with Crippen molar-refractivity contribution in [1.82, 2.24) is 9.88 Å². The minimum atomic E-state index is -0.350. The van der Waals surface area contributed by atoms with Gasteiger partial charge in [-0.3, -0.25) is 9.79 Å². The van der Waals surface area contributed by atoms with Crippen molar-refractivity contribution in [3.8, 4) is 10.6 Å². The van der Waals surface area contributed by atoms with Gasteiger partial charge in [-0.15, -0.1) is 22.7 Å². The molecule has 0 saturated carbocycles. The fourth-order valence-corrected chi connectivity index (χ4v) is 3.78. The molecule has 0 spiro atoms. The van der Waals surface area contributed by atoms with Gasteiger partial charge in [-0.2, -0.15) is 0 Å². The SMILES string of the molecule is CN=c1scc(-c2ccc(CNC(=O)C(C)(C)C)s2)n1C. The molecule has 0 fully saturated rings. The highest BCUT2D eigenvalue weighted by Gasteiger charge is 2.20. The van der Waals surface area contributed by atoms with E-state index >= 15 is 0 Å². The van der Waals surface area contributed by atoms with Gasteiger partial charge >= 0.3 is 0 Å². The van der Waals surface area contributed by atoms with Gasteiger partial charge < -0.3 is 9.88 Å². The van der Waals surface area contributed by atoms with Crippen molar-refractivity contribution in [2.24, 2.45) is 17.5 Å². The molecule has 1 amide bonds. The van der Waals surface area contributed by atoms with E-state index in [-0.39, 0.29) is 11.3 Å². The first-order valence-electron chi connectivity index (χ1n) is 6.77. The van der Waals surface area contributed by atoms with Crippen molar-refractivity contribution in [1.29, 1.82) is 0 Å². The molecule has 0 aliphatic heterocycles. The van der Waals surface area contributed by atoms with Crippen molar-refractivity contribution in [3.05, 3.63) is 27.2 Å². The van der Waals surface area contributed by atoms with E-state index in [4.69, 9.17) is 0 Å². The Morgan fingerprint density at radius 3 is 2.67 bits per heavy atom. The molecule has 6 heteroatoms. The van der Waals surface area contributed by atoms with Crippen molar-refractivity contribution in [2.75, 3.05) is 7.05 Å². The fraction of sp³-hybridized carbons (Fsp3) is 0.467. The predicted molar refractivity (Wildman–Crippen MR) is 89.4 cm³/mol. The molecule has 2 aromatic rings. The van der Waals surface area contributed by atoms with E-state index in [2.05, 4.69) is 32.4 Å². The minimum Gasteiger partial charge on any atom is -0.351 e. The third kappa shape index (κ3) is 3.63. The third-order valence-corrected chi connectivity index (χ3v) is 5.25. The maximum atomic E-state index is 11.9. The van der Waals surface area contributed by atoms with Gasteiger partial charge in [-0.1, -0.05) is 20.8 Å². The van der Waals surface area contributed by atoms with Crippen LogP contribution >= 0.6 is 22.7 Å². The smallest absolute Gasteiger partial charge is 0.225 e. The van der Waals surface area contributed by atoms with Crippen LogP contribution in [0.15, 0.2) is 22.5 Å². The van der Waals surface area contributed by atoms with Crippen molar-refractivity contribution in [3.63, 3.8) is 0 Å². The molecule has 0 atom stereocenters. The molecule has 0 aliphatic carbocycles. The first-order chi connectivity index (χ1) is 9.82. The van der Waals surface area contributed by atoms with Crippen LogP contribution in [0.1, 0.15) is 25.6 Å². The Morgan fingerprint density at radius 1 is 1.38 bits per heavy atom. The van der Waals surface area contributed by atoms with E-state index < -0.39 is 0 Å². The van der Waals surface area contributed by atoms with Gasteiger partial charge in [0.05, 0.1) is 17.1 Å². The first kappa shape index (κ1) is 16.0. The lowest BCUT2D eigenvalue weighted by molar-refractivity contribution is -0.128. The number of nitrogens with zero attached hydrogens (tertiary/aromatic N) is 2. The van der Waals surface area contributed by atoms with Gasteiger partial charge in [-0.05, 0) is 12.1 Å². The fourth-order valence-electron chi connectivity index (χ4n) is 1.84. The normalized spacial score (nSPS) is 12.7. The zero-order valence-electron chi connectivity index (χ0n) is 13.1. The van der Waals surface area contributed by atoms with Crippen molar-refractivity contribution >= 4 is 28.6 Å². The second kappa shape index (κ2) is 6.15. The van der Waals surface area contributed by atoms with Crippen molar-refractivity contribution < 1.29 is 4.79 Å². The van der Waals surface area contributed by atoms with E-state index in [1.807, 2.05) is 27.8 Å². The van der Waals surface area contributed by atoms with Crippen LogP contribution in [0.25, 0.3) is 10.6 Å². The number of hydrogen-bond donors (Lipinski definition) is 1. The van der Waals surface area contributed by atoms with Gasteiger partial charge in [0.1, 0.15) is 0 Å². The molecule has 0 bridgehead atoms. The molecule has 0 unspecified atom stereocenters. The number of nitrogens with one attached hydrogen (secondary N) is 1. The lowest BCUT2D eigenvalue weighted by Crippen LogP contribution is -2.34. The minimum absolute atomic E-state index is 0.0746. The van der Waals surface area contributed by atoms with Gasteiger partial charge in [0, 0.05) is 29.8 Å². The predicted octanol–water partition coefficient (Wildman–Crippen LogP) is 3.01. The summed E-state index contributed by atoms with van der Waals surface area (Å²) in [7, 11) is 3.83. The molecular formula is C15H21N3OS2. The Kier molecular flexibility index (Phi) is 4.68. The monoisotopic (exact) mass is 323 g/mol. The molecule has 0 radical (unpaired) electrons. The summed E-state index contributed by atoms with van der Waals surface area (Å²) in [6.07, 6.45) is 0. The number of carbonyl (C=O) groups excluding carboxylic acids is 1. The molecule has 0 saturated heterocycles. The number of aromatic nitrogens is 1. The summed E-state index contributed by atoms with van der Waals surface area (Å²) in [6.45, 7) is 6.34. The summed E-state index contributed by atoms with van der Waals surface area (Å²) in [5.41, 5.74) is 0.816. The highest BCUT2D eigenvalue weighted by molar-refractivity contribution is 7.16. The topological polar surface area (TPSA) is 46.4 Å². The van der Waals surface area contributed by atoms with Crippen LogP contribution in [-0.2, 0) is 18.4 Å². The zero-order chi connectivity index (χ0) is 15.6. The first-order valence-corrected chi connectivity index (χ1v) is 8.47. The summed E-state index contributed by atoms with van der Waals surface area (Å²) in [5.74, 6) is 0.0746. The summed E-state index contributed by atoms with van der Waals surface area (Å²) < 4.78 is 2.09. The Morgan fingerprint density at radius 2 is 2.10 bits per heavy atom. The van der Waals surface area contributed by atoms with Crippen LogP contribution in [0, 0.1) is 5.41 Å². The summed E-state index contributed by atoms with van der Waals surface area (Å²) >= 11 is 3.34. The molecule has 4 nitrogen and oxygen atoms in total. The zero-order valence-corrected chi connectivity index (χ0v) is 14.7. The Balaban J connectivity index is 2.12. The van der Waals surface area contributed by atoms with Crippen LogP contribution in [0.2, 0.25) is 0 Å². The van der Waals surface area contributed by atoms with E-state index in [1.165, 1.54) is 10.6 Å². The Bertz CT molecular complexity index is 701. The summed E-state index contributed by atoms with van der Waals surface area (Å²) in [5, 5.41) is 5.10. The average Bonchev–Trinajstić information content (AvgIpc) is 3.01. The standard InChI is InChI=1S/C15H21N3OS2/c1-15(2,3)13(19)17-8-10-6-7-12(21-10)11-9-20-14(16-4)18(11)5/h6-7,9H,8H2,1-5H3,(H,17,19). The number of carbonyl (C=O) groups is 1. The van der Waals surface area contributed by atoms with Gasteiger partial charge in [0.2, 0.25) is 5.91 Å². The van der Waals surface area contributed by atoms with Gasteiger partial charge in [0.15, 0.2) is 4.80 Å². The number of thiazole rings is 1. The second-order valence-electron chi connectivity index (χ2n) is 5.88. The number of amides is 1. The third-order valence-electron chi connectivity index (χ3n) is 3.13. The number of rotatable bonds is 3.